The third-order valence-electron chi connectivity index (χ3n) is 4.33. The van der Waals surface area contributed by atoms with Crippen LogP contribution in [0.5, 0.6) is 0 Å². The minimum absolute atomic E-state index is 0.0947. The third-order valence-corrected chi connectivity index (χ3v) is 4.73. The molecule has 0 atom stereocenters. The predicted octanol–water partition coefficient (Wildman–Crippen LogP) is 4.14. The second kappa shape index (κ2) is 9.07. The van der Waals surface area contributed by atoms with E-state index < -0.39 is 11.9 Å². The quantitative estimate of drug-likeness (QED) is 0.460. The SMILES string of the molecule is Cc1nn(Cc2ccccc2)c(Cl)c1/C=C(\C#N)C(=O)Nc1ccc(C(=O)O)cc1. The summed E-state index contributed by atoms with van der Waals surface area (Å²) >= 11 is 6.45. The maximum atomic E-state index is 12.5. The zero-order valence-electron chi connectivity index (χ0n) is 16.0. The van der Waals surface area contributed by atoms with Crippen LogP contribution in [0.3, 0.4) is 0 Å². The molecule has 150 valence electrons. The Bertz CT molecular complexity index is 1160. The molecule has 3 aromatic rings. The molecule has 0 spiro atoms. The minimum atomic E-state index is -1.07. The van der Waals surface area contributed by atoms with E-state index in [-0.39, 0.29) is 11.1 Å². The lowest BCUT2D eigenvalue weighted by atomic mass is 10.1. The van der Waals surface area contributed by atoms with E-state index in [1.54, 1.807) is 11.6 Å². The first-order valence-corrected chi connectivity index (χ1v) is 9.30. The van der Waals surface area contributed by atoms with E-state index >= 15 is 0 Å². The highest BCUT2D eigenvalue weighted by atomic mass is 35.5. The number of benzene rings is 2. The molecule has 0 aliphatic heterocycles. The van der Waals surface area contributed by atoms with E-state index in [2.05, 4.69) is 10.4 Å². The summed E-state index contributed by atoms with van der Waals surface area (Å²) in [5.74, 6) is -1.70. The molecule has 0 radical (unpaired) electrons. The zero-order valence-corrected chi connectivity index (χ0v) is 16.7. The standard InChI is InChI=1S/C22H17ClN4O3/c1-14-19(20(23)27(26-14)13-15-5-3-2-4-6-15)11-17(12-24)21(28)25-18-9-7-16(8-10-18)22(29)30/h2-11H,13H2,1H3,(H,25,28)(H,29,30)/b17-11+. The molecule has 1 aromatic heterocycles. The highest BCUT2D eigenvalue weighted by Crippen LogP contribution is 2.24. The number of carbonyl (C=O) groups is 2. The van der Waals surface area contributed by atoms with Crippen LogP contribution in [0.25, 0.3) is 6.08 Å². The molecule has 1 heterocycles. The van der Waals surface area contributed by atoms with Crippen LogP contribution >= 0.6 is 11.6 Å². The second-order valence-electron chi connectivity index (χ2n) is 6.44. The Labute approximate surface area is 177 Å². The van der Waals surface area contributed by atoms with Crippen LogP contribution < -0.4 is 5.32 Å². The van der Waals surface area contributed by atoms with Crippen molar-refractivity contribution in [2.75, 3.05) is 5.32 Å². The van der Waals surface area contributed by atoms with Crippen molar-refractivity contribution in [1.29, 1.82) is 5.26 Å². The Morgan fingerprint density at radius 2 is 1.87 bits per heavy atom. The zero-order chi connectivity index (χ0) is 21.7. The minimum Gasteiger partial charge on any atom is -0.478 e. The largest absolute Gasteiger partial charge is 0.478 e. The van der Waals surface area contributed by atoms with Crippen LogP contribution in [0.2, 0.25) is 5.15 Å². The third kappa shape index (κ3) is 4.74. The molecule has 1 amide bonds. The monoisotopic (exact) mass is 420 g/mol. The number of aromatic nitrogens is 2. The number of carboxylic acids is 1. The topological polar surface area (TPSA) is 108 Å². The number of halogens is 1. The first kappa shape index (κ1) is 20.8. The van der Waals surface area contributed by atoms with Crippen molar-refractivity contribution < 1.29 is 14.7 Å². The van der Waals surface area contributed by atoms with Crippen molar-refractivity contribution in [3.8, 4) is 6.07 Å². The molecule has 2 aromatic carbocycles. The van der Waals surface area contributed by atoms with Gasteiger partial charge in [-0.1, -0.05) is 41.9 Å². The number of aromatic carboxylic acids is 1. The predicted molar refractivity (Wildman–Crippen MR) is 113 cm³/mol. The number of rotatable bonds is 6. The van der Waals surface area contributed by atoms with Crippen LogP contribution in [0.15, 0.2) is 60.2 Å². The van der Waals surface area contributed by atoms with Crippen molar-refractivity contribution >= 4 is 35.2 Å². The Morgan fingerprint density at radius 1 is 1.20 bits per heavy atom. The van der Waals surface area contributed by atoms with Crippen LogP contribution in [0.1, 0.15) is 27.2 Å². The Balaban J connectivity index is 1.82. The summed E-state index contributed by atoms with van der Waals surface area (Å²) in [7, 11) is 0. The molecule has 30 heavy (non-hydrogen) atoms. The molecular formula is C22H17ClN4O3. The fourth-order valence-corrected chi connectivity index (χ4v) is 3.07. The van der Waals surface area contributed by atoms with Gasteiger partial charge in [0.1, 0.15) is 16.8 Å². The number of amides is 1. The molecule has 0 fully saturated rings. The number of hydrogen-bond acceptors (Lipinski definition) is 4. The average Bonchev–Trinajstić information content (AvgIpc) is 2.99. The second-order valence-corrected chi connectivity index (χ2v) is 6.80. The fourth-order valence-electron chi connectivity index (χ4n) is 2.78. The number of nitrogens with zero attached hydrogens (tertiary/aromatic N) is 3. The molecule has 8 heteroatoms. The summed E-state index contributed by atoms with van der Waals surface area (Å²) in [6, 6.07) is 17.2. The van der Waals surface area contributed by atoms with Gasteiger partial charge in [0.25, 0.3) is 5.91 Å². The van der Waals surface area contributed by atoms with E-state index in [9.17, 15) is 14.9 Å². The lowest BCUT2D eigenvalue weighted by Gasteiger charge is -2.05. The van der Waals surface area contributed by atoms with E-state index in [1.807, 2.05) is 36.4 Å². The molecule has 0 saturated carbocycles. The Hall–Kier alpha value is -3.89. The normalized spacial score (nSPS) is 11.0. The van der Waals surface area contributed by atoms with Crippen LogP contribution in [-0.2, 0) is 11.3 Å². The van der Waals surface area contributed by atoms with Gasteiger partial charge in [-0.25, -0.2) is 9.48 Å². The van der Waals surface area contributed by atoms with E-state index in [0.717, 1.165) is 5.56 Å². The maximum Gasteiger partial charge on any atom is 0.335 e. The summed E-state index contributed by atoms with van der Waals surface area (Å²) in [6.07, 6.45) is 1.40. The first-order chi connectivity index (χ1) is 14.4. The van der Waals surface area contributed by atoms with Gasteiger partial charge in [-0.3, -0.25) is 4.79 Å². The molecule has 2 N–H and O–H groups in total. The maximum absolute atomic E-state index is 12.5. The number of anilines is 1. The van der Waals surface area contributed by atoms with Crippen molar-refractivity contribution in [2.45, 2.75) is 13.5 Å². The summed E-state index contributed by atoms with van der Waals surface area (Å²) in [5, 5.41) is 25.7. The average molecular weight is 421 g/mol. The number of aryl methyl sites for hydroxylation is 1. The van der Waals surface area contributed by atoms with Crippen molar-refractivity contribution in [1.82, 2.24) is 9.78 Å². The van der Waals surface area contributed by atoms with Gasteiger partial charge in [0.05, 0.1) is 17.8 Å². The van der Waals surface area contributed by atoms with Gasteiger partial charge in [-0.05, 0) is 42.8 Å². The molecule has 7 nitrogen and oxygen atoms in total. The van der Waals surface area contributed by atoms with Gasteiger partial charge >= 0.3 is 5.97 Å². The van der Waals surface area contributed by atoms with Crippen LogP contribution in [-0.4, -0.2) is 26.8 Å². The Kier molecular flexibility index (Phi) is 6.30. The lowest BCUT2D eigenvalue weighted by molar-refractivity contribution is -0.112. The number of carbonyl (C=O) groups excluding carboxylic acids is 1. The van der Waals surface area contributed by atoms with E-state index in [0.29, 0.717) is 28.6 Å². The number of nitriles is 1. The summed E-state index contributed by atoms with van der Waals surface area (Å²) in [6.45, 7) is 2.20. The summed E-state index contributed by atoms with van der Waals surface area (Å²) in [5.41, 5.74) is 2.40. The van der Waals surface area contributed by atoms with Gasteiger partial charge in [-0.15, -0.1) is 0 Å². The fraction of sp³-hybridized carbons (Fsp3) is 0.0909. The van der Waals surface area contributed by atoms with Crippen molar-refractivity contribution in [2.24, 2.45) is 0 Å². The number of carboxylic acid groups (broad SMARTS) is 1. The van der Waals surface area contributed by atoms with Gasteiger partial charge in [0, 0.05) is 11.3 Å². The molecule has 0 unspecified atom stereocenters. The Morgan fingerprint density at radius 3 is 2.47 bits per heavy atom. The smallest absolute Gasteiger partial charge is 0.335 e. The molecule has 0 aliphatic rings. The van der Waals surface area contributed by atoms with Crippen LogP contribution in [0, 0.1) is 18.3 Å². The molecular weight excluding hydrogens is 404 g/mol. The number of nitrogens with one attached hydrogen (secondary N) is 1. The van der Waals surface area contributed by atoms with E-state index in [4.69, 9.17) is 16.7 Å². The van der Waals surface area contributed by atoms with E-state index in [1.165, 1.54) is 30.3 Å². The van der Waals surface area contributed by atoms with Crippen molar-refractivity contribution in [3.63, 3.8) is 0 Å². The highest BCUT2D eigenvalue weighted by Gasteiger charge is 2.16. The molecule has 0 saturated heterocycles. The number of hydrogen-bond donors (Lipinski definition) is 2. The van der Waals surface area contributed by atoms with Crippen LogP contribution in [0.4, 0.5) is 5.69 Å². The molecule has 3 rings (SSSR count). The summed E-state index contributed by atoms with van der Waals surface area (Å²) in [4.78, 5) is 23.4. The first-order valence-electron chi connectivity index (χ1n) is 8.92. The molecule has 0 aliphatic carbocycles. The van der Waals surface area contributed by atoms with Gasteiger partial charge in [-0.2, -0.15) is 10.4 Å². The van der Waals surface area contributed by atoms with Gasteiger partial charge in [0.15, 0.2) is 0 Å². The summed E-state index contributed by atoms with van der Waals surface area (Å²) < 4.78 is 1.61. The van der Waals surface area contributed by atoms with Gasteiger partial charge < -0.3 is 10.4 Å². The molecule has 0 bridgehead atoms. The van der Waals surface area contributed by atoms with Gasteiger partial charge in [0.2, 0.25) is 0 Å². The van der Waals surface area contributed by atoms with Crippen molar-refractivity contribution in [3.05, 3.63) is 87.7 Å². The lowest BCUT2D eigenvalue weighted by Crippen LogP contribution is -2.13. The highest BCUT2D eigenvalue weighted by molar-refractivity contribution is 6.31.